The fourth-order valence-corrected chi connectivity index (χ4v) is 2.45. The molecule has 0 aliphatic carbocycles. The first-order valence-corrected chi connectivity index (χ1v) is 6.02. The van der Waals surface area contributed by atoms with Crippen molar-refractivity contribution in [1.82, 2.24) is 0 Å². The summed E-state index contributed by atoms with van der Waals surface area (Å²) in [6, 6.07) is 10.5. The number of benzene rings is 1. The molecule has 6 heteroatoms. The molecule has 1 aromatic carbocycles. The molecule has 19 heavy (non-hydrogen) atoms. The van der Waals surface area contributed by atoms with Crippen LogP contribution in [0.2, 0.25) is 0 Å². The van der Waals surface area contributed by atoms with Gasteiger partial charge in [0.25, 0.3) is 0 Å². The van der Waals surface area contributed by atoms with E-state index in [1.165, 1.54) is 12.1 Å². The van der Waals surface area contributed by atoms with E-state index in [4.69, 9.17) is 0 Å². The average molecular weight is 285 g/mol. The second-order valence-electron chi connectivity index (χ2n) is 3.62. The van der Waals surface area contributed by atoms with Crippen LogP contribution in [0.5, 0.6) is 0 Å². The number of halogens is 3. The fourth-order valence-electron chi connectivity index (χ4n) is 1.54. The predicted octanol–water partition coefficient (Wildman–Crippen LogP) is 4.02. The number of ether oxygens (including phenoxy) is 1. The lowest BCUT2D eigenvalue weighted by Gasteiger charge is -2.06. The van der Waals surface area contributed by atoms with Gasteiger partial charge >= 0.3 is 12.1 Å². The van der Waals surface area contributed by atoms with Crippen LogP contribution < -0.4 is 0 Å². The Balaban J connectivity index is 2.59. The van der Waals surface area contributed by atoms with Crippen molar-refractivity contribution in [3.63, 3.8) is 0 Å². The van der Waals surface area contributed by atoms with Crippen LogP contribution in [0.1, 0.15) is 14.5 Å². The minimum Gasteiger partial charge on any atom is -0.465 e. The number of esters is 1. The Hall–Kier alpha value is -1.82. The van der Waals surface area contributed by atoms with Gasteiger partial charge in [0.15, 0.2) is 0 Å². The second kappa shape index (κ2) is 5.05. The summed E-state index contributed by atoms with van der Waals surface area (Å²) < 4.78 is 43.3. The number of alkyl halides is 3. The molecule has 0 aliphatic rings. The largest absolute Gasteiger partial charge is 0.465 e. The molecule has 1 aromatic heterocycles. The molecule has 0 unspecified atom stereocenters. The molecule has 2 aromatic rings. The lowest BCUT2D eigenvalue weighted by molar-refractivity contribution is -0.133. The summed E-state index contributed by atoms with van der Waals surface area (Å²) in [4.78, 5) is 10.3. The number of hydrogen-bond acceptors (Lipinski definition) is 3. The van der Waals surface area contributed by atoms with Crippen LogP contribution in [0.3, 0.4) is 0 Å². The van der Waals surface area contributed by atoms with Crippen molar-refractivity contribution in [2.24, 2.45) is 0 Å². The zero-order valence-electron chi connectivity index (χ0n) is 9.75. The average Bonchev–Trinajstić information content (AvgIpc) is 2.84. The molecule has 0 bridgehead atoms. The predicted molar refractivity (Wildman–Crippen MR) is 64.9 cm³/mol. The van der Waals surface area contributed by atoms with Gasteiger partial charge in [-0.15, -0.1) is 11.3 Å². The Kier molecular flexibility index (Phi) is 3.61. The first-order valence-electron chi connectivity index (χ1n) is 5.20. The molecule has 0 fully saturated rings. The summed E-state index contributed by atoms with van der Waals surface area (Å²) in [6.07, 6.45) is -4.53. The molecule has 0 N–H and O–H groups in total. The van der Waals surface area contributed by atoms with Crippen molar-refractivity contribution in [3.05, 3.63) is 46.2 Å². The molecule has 0 atom stereocenters. The Morgan fingerprint density at radius 1 is 1.26 bits per heavy atom. The molecule has 0 spiro atoms. The molecular formula is C13H8F3O2S. The molecule has 2 nitrogen and oxygen atoms in total. The lowest BCUT2D eigenvalue weighted by atomic mass is 10.1. The number of rotatable bonds is 2. The quantitative estimate of drug-likeness (QED) is 0.779. The van der Waals surface area contributed by atoms with E-state index in [1.54, 1.807) is 18.2 Å². The van der Waals surface area contributed by atoms with Crippen molar-refractivity contribution in [1.29, 1.82) is 0 Å². The molecule has 1 heterocycles. The third-order valence-corrected chi connectivity index (χ3v) is 3.47. The van der Waals surface area contributed by atoms with Crippen molar-refractivity contribution >= 4 is 17.3 Å². The molecular weight excluding hydrogens is 277 g/mol. The number of methoxy groups -OCH3 is 1. The van der Waals surface area contributed by atoms with Crippen LogP contribution in [-0.2, 0) is 10.9 Å². The first-order chi connectivity index (χ1) is 8.93. The molecule has 0 saturated heterocycles. The molecule has 99 valence electrons. The van der Waals surface area contributed by atoms with E-state index in [1.807, 2.05) is 0 Å². The van der Waals surface area contributed by atoms with Crippen LogP contribution in [0.15, 0.2) is 30.3 Å². The third-order valence-electron chi connectivity index (χ3n) is 2.36. The van der Waals surface area contributed by atoms with Gasteiger partial charge in [-0.05, 0) is 5.56 Å². The number of hydrogen-bond donors (Lipinski definition) is 0. The van der Waals surface area contributed by atoms with E-state index >= 15 is 0 Å². The van der Waals surface area contributed by atoms with Crippen LogP contribution in [0.25, 0.3) is 11.1 Å². The van der Waals surface area contributed by atoms with E-state index in [2.05, 4.69) is 10.8 Å². The highest BCUT2D eigenvalue weighted by atomic mass is 32.1. The Morgan fingerprint density at radius 3 is 2.42 bits per heavy atom. The highest BCUT2D eigenvalue weighted by Gasteiger charge is 2.37. The smallest absolute Gasteiger partial charge is 0.426 e. The monoisotopic (exact) mass is 285 g/mol. The standard InChI is InChI=1S/C13H8F3O2S/c1-18-12(17)10-7-9(8-5-3-2-4-6-8)11(19-10)13(14,15)16/h2-6H,1H3. The van der Waals surface area contributed by atoms with Gasteiger partial charge in [-0.1, -0.05) is 30.3 Å². The molecule has 0 amide bonds. The van der Waals surface area contributed by atoms with Crippen LogP contribution in [0.4, 0.5) is 13.2 Å². The maximum Gasteiger partial charge on any atom is 0.426 e. The Bertz CT molecular complexity index is 588. The topological polar surface area (TPSA) is 26.3 Å². The third kappa shape index (κ3) is 2.78. The van der Waals surface area contributed by atoms with Gasteiger partial charge < -0.3 is 4.74 Å². The summed E-state index contributed by atoms with van der Waals surface area (Å²) in [6.45, 7) is 0. The van der Waals surface area contributed by atoms with Crippen molar-refractivity contribution < 1.29 is 22.7 Å². The van der Waals surface area contributed by atoms with E-state index in [0.29, 0.717) is 16.9 Å². The van der Waals surface area contributed by atoms with Gasteiger partial charge in [0.05, 0.1) is 7.11 Å². The van der Waals surface area contributed by atoms with Crippen LogP contribution >= 0.6 is 11.3 Å². The Labute approximate surface area is 111 Å². The summed E-state index contributed by atoms with van der Waals surface area (Å²) >= 11 is 0.339. The maximum absolute atomic E-state index is 13.0. The molecule has 0 aliphatic heterocycles. The number of carbonyl (C=O) groups is 1. The van der Waals surface area contributed by atoms with Gasteiger partial charge in [0.2, 0.25) is 0 Å². The zero-order chi connectivity index (χ0) is 14.0. The van der Waals surface area contributed by atoms with E-state index in [0.717, 1.165) is 7.11 Å². The van der Waals surface area contributed by atoms with Gasteiger partial charge in [0.1, 0.15) is 9.75 Å². The zero-order valence-corrected chi connectivity index (χ0v) is 10.6. The highest BCUT2D eigenvalue weighted by Crippen LogP contribution is 2.42. The summed E-state index contributed by atoms with van der Waals surface area (Å²) in [5.41, 5.74) is 0.236. The molecule has 0 saturated carbocycles. The van der Waals surface area contributed by atoms with Crippen molar-refractivity contribution in [2.45, 2.75) is 6.18 Å². The molecule has 1 radical (unpaired) electrons. The summed E-state index contributed by atoms with van der Waals surface area (Å²) in [5.74, 6) is -0.822. The number of carbonyl (C=O) groups excluding carboxylic acids is 1. The Morgan fingerprint density at radius 2 is 1.89 bits per heavy atom. The van der Waals surface area contributed by atoms with E-state index in [-0.39, 0.29) is 10.4 Å². The summed E-state index contributed by atoms with van der Waals surface area (Å²) in [7, 11) is 1.12. The number of thiophene rings is 1. The second-order valence-corrected chi connectivity index (χ2v) is 4.64. The summed E-state index contributed by atoms with van der Waals surface area (Å²) in [5, 5.41) is 0. The van der Waals surface area contributed by atoms with Crippen LogP contribution in [0, 0.1) is 6.07 Å². The maximum atomic E-state index is 13.0. The lowest BCUT2D eigenvalue weighted by Crippen LogP contribution is -2.03. The van der Waals surface area contributed by atoms with Gasteiger partial charge in [-0.25, -0.2) is 4.79 Å². The fraction of sp³-hybridized carbons (Fsp3) is 0.154. The molecule has 2 rings (SSSR count). The van der Waals surface area contributed by atoms with E-state index in [9.17, 15) is 18.0 Å². The first kappa shape index (κ1) is 13.6. The van der Waals surface area contributed by atoms with E-state index < -0.39 is 17.0 Å². The minimum atomic E-state index is -4.53. The van der Waals surface area contributed by atoms with Gasteiger partial charge in [0, 0.05) is 11.6 Å². The van der Waals surface area contributed by atoms with Gasteiger partial charge in [-0.3, -0.25) is 0 Å². The van der Waals surface area contributed by atoms with Crippen molar-refractivity contribution in [3.8, 4) is 11.1 Å². The van der Waals surface area contributed by atoms with Crippen molar-refractivity contribution in [2.75, 3.05) is 7.11 Å². The highest BCUT2D eigenvalue weighted by molar-refractivity contribution is 7.14. The van der Waals surface area contributed by atoms with Crippen LogP contribution in [-0.4, -0.2) is 13.1 Å². The SMILES string of the molecule is COC(=O)c1[c]c(-c2ccccc2)c(C(F)(F)F)s1. The minimum absolute atomic E-state index is 0.126. The normalized spacial score (nSPS) is 11.4. The van der Waals surface area contributed by atoms with Gasteiger partial charge in [-0.2, -0.15) is 13.2 Å².